The van der Waals surface area contributed by atoms with Crippen LogP contribution < -0.4 is 0 Å². The fraction of sp³-hybridized carbons (Fsp3) is 0.533. The van der Waals surface area contributed by atoms with Gasteiger partial charge in [-0.25, -0.2) is 4.98 Å². The van der Waals surface area contributed by atoms with Crippen LogP contribution in [0.15, 0.2) is 41.6 Å². The van der Waals surface area contributed by atoms with E-state index in [1.165, 1.54) is 12.8 Å². The normalized spacial score (nSPS) is 24.9. The Morgan fingerprint density at radius 1 is 1.24 bits per heavy atom. The molecule has 1 aliphatic rings. The van der Waals surface area contributed by atoms with Crippen LogP contribution in [0.4, 0.5) is 0 Å². The Labute approximate surface area is 109 Å². The van der Waals surface area contributed by atoms with Gasteiger partial charge < -0.3 is 0 Å². The van der Waals surface area contributed by atoms with Gasteiger partial charge in [-0.3, -0.25) is 0 Å². The first kappa shape index (κ1) is 12.7. The van der Waals surface area contributed by atoms with Gasteiger partial charge >= 0.3 is 0 Å². The van der Waals surface area contributed by atoms with Crippen molar-refractivity contribution in [2.24, 2.45) is 11.8 Å². The van der Waals surface area contributed by atoms with Gasteiger partial charge in [-0.2, -0.15) is 0 Å². The zero-order valence-electron chi connectivity index (χ0n) is 10.9. The van der Waals surface area contributed by atoms with E-state index in [0.717, 1.165) is 10.9 Å². The van der Waals surface area contributed by atoms with E-state index in [1.54, 1.807) is 0 Å². The molecule has 0 N–H and O–H groups in total. The molecule has 1 aliphatic carbocycles. The van der Waals surface area contributed by atoms with Gasteiger partial charge in [0, 0.05) is 10.9 Å². The van der Waals surface area contributed by atoms with Crippen LogP contribution in [0.25, 0.3) is 0 Å². The van der Waals surface area contributed by atoms with Gasteiger partial charge in [0.15, 0.2) is 0 Å². The number of pyridine rings is 1. The Bertz CT molecular complexity index is 383. The Morgan fingerprint density at radius 2 is 2.06 bits per heavy atom. The minimum absolute atomic E-state index is 0.227. The molecule has 2 atom stereocenters. The van der Waals surface area contributed by atoms with Crippen molar-refractivity contribution in [3.8, 4) is 0 Å². The van der Waals surface area contributed by atoms with Crippen LogP contribution in [0.3, 0.4) is 0 Å². The van der Waals surface area contributed by atoms with Crippen LogP contribution in [-0.2, 0) is 0 Å². The maximum atomic E-state index is 4.41. The lowest BCUT2D eigenvalue weighted by molar-refractivity contribution is 0.412. The van der Waals surface area contributed by atoms with Gasteiger partial charge in [-0.1, -0.05) is 36.9 Å². The molecule has 0 aliphatic heterocycles. The largest absolute Gasteiger partial charge is 0.250 e. The van der Waals surface area contributed by atoms with Crippen LogP contribution in [0.5, 0.6) is 0 Å². The van der Waals surface area contributed by atoms with Gasteiger partial charge in [-0.15, -0.1) is 0 Å². The Morgan fingerprint density at radius 3 is 2.65 bits per heavy atom. The van der Waals surface area contributed by atoms with Crippen LogP contribution in [0, 0.1) is 11.8 Å². The summed E-state index contributed by atoms with van der Waals surface area (Å²) in [5, 5.41) is 1.13. The number of hydrogen-bond acceptors (Lipinski definition) is 2. The van der Waals surface area contributed by atoms with Crippen LogP contribution in [0.1, 0.15) is 33.6 Å². The molecular formula is C15H21NS. The minimum atomic E-state index is 0.227. The lowest BCUT2D eigenvalue weighted by Crippen LogP contribution is -2.28. The molecule has 0 radical (unpaired) electrons. The predicted molar refractivity (Wildman–Crippen MR) is 75.2 cm³/mol. The number of nitrogens with zero attached hydrogens (tertiary/aromatic N) is 1. The van der Waals surface area contributed by atoms with Crippen LogP contribution >= 0.6 is 11.8 Å². The van der Waals surface area contributed by atoms with E-state index in [0.29, 0.717) is 5.92 Å². The molecule has 1 aromatic rings. The summed E-state index contributed by atoms with van der Waals surface area (Å²) < 4.78 is 0.227. The molecule has 0 saturated heterocycles. The van der Waals surface area contributed by atoms with Gasteiger partial charge in [0.2, 0.25) is 0 Å². The fourth-order valence-corrected chi connectivity index (χ4v) is 3.44. The van der Waals surface area contributed by atoms with Crippen molar-refractivity contribution in [2.45, 2.75) is 43.4 Å². The highest BCUT2D eigenvalue weighted by Gasteiger charge is 2.30. The lowest BCUT2D eigenvalue weighted by atomic mass is 9.82. The number of rotatable bonds is 3. The average molecular weight is 247 g/mol. The Balaban J connectivity index is 2.06. The van der Waals surface area contributed by atoms with E-state index in [-0.39, 0.29) is 4.75 Å². The summed E-state index contributed by atoms with van der Waals surface area (Å²) in [7, 11) is 0. The third-order valence-electron chi connectivity index (χ3n) is 3.50. The highest BCUT2D eigenvalue weighted by molar-refractivity contribution is 8.00. The molecule has 0 amide bonds. The summed E-state index contributed by atoms with van der Waals surface area (Å²) in [5.74, 6) is 1.41. The van der Waals surface area contributed by atoms with Crippen molar-refractivity contribution < 1.29 is 0 Å². The highest BCUT2D eigenvalue weighted by atomic mass is 32.2. The smallest absolute Gasteiger partial charge is 0.0965 e. The second kappa shape index (κ2) is 5.26. The first-order valence-electron chi connectivity index (χ1n) is 6.36. The molecule has 0 aromatic carbocycles. The molecule has 92 valence electrons. The van der Waals surface area contributed by atoms with Crippen LogP contribution in [-0.4, -0.2) is 9.73 Å². The molecule has 0 fully saturated rings. The summed E-state index contributed by atoms with van der Waals surface area (Å²) in [6.07, 6.45) is 9.26. The fourth-order valence-electron chi connectivity index (χ4n) is 2.29. The van der Waals surface area contributed by atoms with E-state index in [4.69, 9.17) is 0 Å². The predicted octanol–water partition coefficient (Wildman–Crippen LogP) is 4.55. The molecule has 1 aromatic heterocycles. The number of thioether (sulfide) groups is 1. The highest BCUT2D eigenvalue weighted by Crippen LogP contribution is 2.42. The van der Waals surface area contributed by atoms with E-state index >= 15 is 0 Å². The standard InChI is InChI=1S/C15H21NS/c1-12-7-9-13(10-8-12)15(2,3)17-14-6-4-5-11-16-14/h4-7,9,11-13H,8,10H2,1-3H3/t12-,13+/m1/s1. The zero-order chi connectivity index (χ0) is 12.3. The number of hydrogen-bond donors (Lipinski definition) is 0. The van der Waals surface area contributed by atoms with Gasteiger partial charge in [0.1, 0.15) is 0 Å². The monoisotopic (exact) mass is 247 g/mol. The average Bonchev–Trinajstić information content (AvgIpc) is 2.30. The Hall–Kier alpha value is -0.760. The molecule has 0 spiro atoms. The maximum absolute atomic E-state index is 4.41. The summed E-state index contributed by atoms with van der Waals surface area (Å²) in [4.78, 5) is 4.41. The molecular weight excluding hydrogens is 226 g/mol. The second-order valence-corrected chi connectivity index (χ2v) is 7.09. The molecule has 0 unspecified atom stereocenters. The summed E-state index contributed by atoms with van der Waals surface area (Å²) in [6, 6.07) is 6.13. The van der Waals surface area contributed by atoms with Crippen LogP contribution in [0.2, 0.25) is 0 Å². The third-order valence-corrected chi connectivity index (χ3v) is 4.78. The van der Waals surface area contributed by atoms with E-state index in [1.807, 2.05) is 24.0 Å². The van der Waals surface area contributed by atoms with E-state index in [2.05, 4.69) is 50.0 Å². The first-order chi connectivity index (χ1) is 8.08. The summed E-state index contributed by atoms with van der Waals surface area (Å²) in [5.41, 5.74) is 0. The molecule has 1 nitrogen and oxygen atoms in total. The van der Waals surface area contributed by atoms with Gasteiger partial charge in [-0.05, 0) is 50.7 Å². The first-order valence-corrected chi connectivity index (χ1v) is 7.18. The lowest BCUT2D eigenvalue weighted by Gasteiger charge is -2.34. The van der Waals surface area contributed by atoms with Crippen molar-refractivity contribution in [1.29, 1.82) is 0 Å². The topological polar surface area (TPSA) is 12.9 Å². The molecule has 1 heterocycles. The molecule has 0 saturated carbocycles. The third kappa shape index (κ3) is 3.35. The van der Waals surface area contributed by atoms with Gasteiger partial charge in [0.05, 0.1) is 5.03 Å². The van der Waals surface area contributed by atoms with Gasteiger partial charge in [0.25, 0.3) is 0 Å². The molecule has 2 heteroatoms. The minimum Gasteiger partial charge on any atom is -0.250 e. The summed E-state index contributed by atoms with van der Waals surface area (Å²) in [6.45, 7) is 6.96. The quantitative estimate of drug-likeness (QED) is 0.574. The second-order valence-electron chi connectivity index (χ2n) is 5.42. The zero-order valence-corrected chi connectivity index (χ0v) is 11.7. The number of aromatic nitrogens is 1. The van der Waals surface area contributed by atoms with E-state index in [9.17, 15) is 0 Å². The Kier molecular flexibility index (Phi) is 3.93. The summed E-state index contributed by atoms with van der Waals surface area (Å²) >= 11 is 1.89. The van der Waals surface area contributed by atoms with Crippen molar-refractivity contribution in [3.63, 3.8) is 0 Å². The van der Waals surface area contributed by atoms with Crippen molar-refractivity contribution in [2.75, 3.05) is 0 Å². The SMILES string of the molecule is C[C@@H]1C=C[C@H](C(C)(C)Sc2ccccn2)CC1. The maximum Gasteiger partial charge on any atom is 0.0965 e. The van der Waals surface area contributed by atoms with Crippen molar-refractivity contribution in [3.05, 3.63) is 36.5 Å². The molecule has 0 bridgehead atoms. The van der Waals surface area contributed by atoms with Crippen molar-refractivity contribution >= 4 is 11.8 Å². The van der Waals surface area contributed by atoms with Crippen molar-refractivity contribution in [1.82, 2.24) is 4.98 Å². The molecule has 2 rings (SSSR count). The molecule has 17 heavy (non-hydrogen) atoms. The van der Waals surface area contributed by atoms with E-state index < -0.39 is 0 Å². The number of allylic oxidation sites excluding steroid dienone is 2.